The molecule has 0 fully saturated rings. The van der Waals surface area contributed by atoms with Crippen molar-refractivity contribution in [3.8, 4) is 0 Å². The van der Waals surface area contributed by atoms with Gasteiger partial charge in [-0.3, -0.25) is 0 Å². The summed E-state index contributed by atoms with van der Waals surface area (Å²) < 4.78 is 0. The Morgan fingerprint density at radius 2 is 0.826 bits per heavy atom. The first-order valence-electron chi connectivity index (χ1n) is 10.5. The van der Waals surface area contributed by atoms with E-state index in [2.05, 4.69) is 17.6 Å². The van der Waals surface area contributed by atoms with E-state index < -0.39 is 0 Å². The van der Waals surface area contributed by atoms with Gasteiger partial charge in [0, 0.05) is 0 Å². The summed E-state index contributed by atoms with van der Waals surface area (Å²) in [5.41, 5.74) is 5.49. The highest BCUT2D eigenvalue weighted by molar-refractivity contribution is 4.53. The van der Waals surface area contributed by atoms with Crippen molar-refractivity contribution in [2.75, 3.05) is 32.7 Å². The van der Waals surface area contributed by atoms with Gasteiger partial charge in [-0.2, -0.15) is 0 Å². The molecule has 0 aliphatic carbocycles. The van der Waals surface area contributed by atoms with Gasteiger partial charge in [-0.15, -0.1) is 0 Å². The number of hydrogen-bond acceptors (Lipinski definition) is 3. The highest BCUT2D eigenvalue weighted by Crippen LogP contribution is 2.07. The topological polar surface area (TPSA) is 50.1 Å². The van der Waals surface area contributed by atoms with Gasteiger partial charge in [-0.1, -0.05) is 71.1 Å². The van der Waals surface area contributed by atoms with Gasteiger partial charge in [0.15, 0.2) is 0 Å². The fraction of sp³-hybridized carbons (Fsp3) is 1.00. The van der Waals surface area contributed by atoms with Gasteiger partial charge in [-0.05, 0) is 58.4 Å². The predicted molar refractivity (Wildman–Crippen MR) is 105 cm³/mol. The minimum absolute atomic E-state index is 0.861. The third kappa shape index (κ3) is 21.9. The van der Waals surface area contributed by atoms with Gasteiger partial charge >= 0.3 is 0 Å². The Kier molecular flexibility index (Phi) is 21.8. The quantitative estimate of drug-likeness (QED) is 0.286. The van der Waals surface area contributed by atoms with Crippen molar-refractivity contribution in [1.82, 2.24) is 10.6 Å². The van der Waals surface area contributed by atoms with Crippen molar-refractivity contribution < 1.29 is 0 Å². The van der Waals surface area contributed by atoms with Crippen LogP contribution in [0.15, 0.2) is 0 Å². The molecule has 0 aromatic heterocycles. The van der Waals surface area contributed by atoms with E-state index >= 15 is 0 Å². The van der Waals surface area contributed by atoms with Gasteiger partial charge in [-0.25, -0.2) is 0 Å². The normalized spacial score (nSPS) is 11.2. The maximum absolute atomic E-state index is 5.49. The van der Waals surface area contributed by atoms with Crippen LogP contribution in [0, 0.1) is 0 Å². The zero-order valence-corrected chi connectivity index (χ0v) is 16.0. The van der Waals surface area contributed by atoms with Crippen molar-refractivity contribution in [2.45, 2.75) is 96.8 Å². The Labute approximate surface area is 146 Å². The molecule has 0 spiro atoms. The Hall–Kier alpha value is -0.120. The number of nitrogens with two attached hydrogens (primary N) is 1. The molecule has 0 rings (SSSR count). The first-order valence-corrected chi connectivity index (χ1v) is 10.5. The number of rotatable bonds is 20. The summed E-state index contributed by atoms with van der Waals surface area (Å²) >= 11 is 0. The summed E-state index contributed by atoms with van der Waals surface area (Å²) in [4.78, 5) is 0. The maximum Gasteiger partial charge on any atom is -0.00489 e. The largest absolute Gasteiger partial charge is 0.330 e. The molecule has 0 aromatic carbocycles. The van der Waals surface area contributed by atoms with Gasteiger partial charge in [0.25, 0.3) is 0 Å². The van der Waals surface area contributed by atoms with Crippen LogP contribution in [0.1, 0.15) is 96.8 Å². The van der Waals surface area contributed by atoms with E-state index in [1.165, 1.54) is 110 Å². The molecule has 3 heteroatoms. The second kappa shape index (κ2) is 21.9. The molecule has 3 nitrogen and oxygen atoms in total. The molecule has 140 valence electrons. The van der Waals surface area contributed by atoms with Crippen LogP contribution < -0.4 is 16.4 Å². The number of unbranched alkanes of at least 4 members (excludes halogenated alkanes) is 12. The molecule has 0 aliphatic rings. The molecule has 23 heavy (non-hydrogen) atoms. The summed E-state index contributed by atoms with van der Waals surface area (Å²) in [7, 11) is 0. The van der Waals surface area contributed by atoms with Crippen LogP contribution in [0.5, 0.6) is 0 Å². The summed E-state index contributed by atoms with van der Waals surface area (Å²) in [6, 6.07) is 0. The Balaban J connectivity index is 2.92. The standard InChI is InChI=1S/C20H45N3/c1-2-22-18-14-10-7-4-8-12-16-20-23-19-15-11-6-3-5-9-13-17-21/h22-23H,2-21H2,1H3. The Morgan fingerprint density at radius 3 is 1.22 bits per heavy atom. The number of nitrogens with one attached hydrogen (secondary N) is 2. The van der Waals surface area contributed by atoms with Gasteiger partial charge in [0.1, 0.15) is 0 Å². The van der Waals surface area contributed by atoms with Gasteiger partial charge in [0.05, 0.1) is 0 Å². The lowest BCUT2D eigenvalue weighted by Gasteiger charge is -2.05. The van der Waals surface area contributed by atoms with Crippen molar-refractivity contribution in [2.24, 2.45) is 5.73 Å². The lowest BCUT2D eigenvalue weighted by Crippen LogP contribution is -2.16. The minimum Gasteiger partial charge on any atom is -0.330 e. The SMILES string of the molecule is CCNCCCCCCCCCNCCCCCCCCCN. The third-order valence-corrected chi connectivity index (χ3v) is 4.51. The van der Waals surface area contributed by atoms with Crippen LogP contribution in [0.4, 0.5) is 0 Å². The maximum atomic E-state index is 5.49. The van der Waals surface area contributed by atoms with E-state index in [1.54, 1.807) is 0 Å². The van der Waals surface area contributed by atoms with E-state index in [1.807, 2.05) is 0 Å². The van der Waals surface area contributed by atoms with Crippen LogP contribution in [0.25, 0.3) is 0 Å². The van der Waals surface area contributed by atoms with E-state index in [-0.39, 0.29) is 0 Å². The molecule has 4 N–H and O–H groups in total. The van der Waals surface area contributed by atoms with Crippen LogP contribution in [-0.2, 0) is 0 Å². The molecular formula is C20H45N3. The van der Waals surface area contributed by atoms with Gasteiger partial charge < -0.3 is 16.4 Å². The summed E-state index contributed by atoms with van der Waals surface area (Å²) in [6.45, 7) is 7.79. The van der Waals surface area contributed by atoms with Crippen molar-refractivity contribution in [1.29, 1.82) is 0 Å². The zero-order chi connectivity index (χ0) is 16.8. The summed E-state index contributed by atoms with van der Waals surface area (Å²) in [6.07, 6.45) is 19.2. The predicted octanol–water partition coefficient (Wildman–Crippen LogP) is 4.61. The van der Waals surface area contributed by atoms with Crippen LogP contribution in [-0.4, -0.2) is 32.7 Å². The van der Waals surface area contributed by atoms with Gasteiger partial charge in [0.2, 0.25) is 0 Å². The Morgan fingerprint density at radius 1 is 0.478 bits per heavy atom. The first kappa shape index (κ1) is 22.9. The monoisotopic (exact) mass is 327 g/mol. The second-order valence-electron chi connectivity index (χ2n) is 6.84. The highest BCUT2D eigenvalue weighted by Gasteiger charge is 1.94. The fourth-order valence-corrected chi connectivity index (χ4v) is 2.96. The molecule has 0 amide bonds. The smallest absolute Gasteiger partial charge is 0.00489 e. The molecule has 0 saturated carbocycles. The first-order chi connectivity index (χ1) is 11.4. The third-order valence-electron chi connectivity index (χ3n) is 4.51. The molecule has 0 atom stereocenters. The molecule has 0 saturated heterocycles. The van der Waals surface area contributed by atoms with E-state index in [4.69, 9.17) is 5.73 Å². The van der Waals surface area contributed by atoms with Crippen LogP contribution in [0.2, 0.25) is 0 Å². The fourth-order valence-electron chi connectivity index (χ4n) is 2.96. The summed E-state index contributed by atoms with van der Waals surface area (Å²) in [5.74, 6) is 0. The number of hydrogen-bond donors (Lipinski definition) is 3. The highest BCUT2D eigenvalue weighted by atomic mass is 14.8. The van der Waals surface area contributed by atoms with E-state index in [0.717, 1.165) is 13.1 Å². The van der Waals surface area contributed by atoms with Crippen molar-refractivity contribution in [3.05, 3.63) is 0 Å². The molecule has 0 unspecified atom stereocenters. The molecular weight excluding hydrogens is 282 g/mol. The van der Waals surface area contributed by atoms with E-state index in [9.17, 15) is 0 Å². The lowest BCUT2D eigenvalue weighted by molar-refractivity contribution is 0.531. The summed E-state index contributed by atoms with van der Waals surface area (Å²) in [5, 5.41) is 6.99. The van der Waals surface area contributed by atoms with Crippen LogP contribution in [0.3, 0.4) is 0 Å². The lowest BCUT2D eigenvalue weighted by atomic mass is 10.1. The second-order valence-corrected chi connectivity index (χ2v) is 6.84. The molecule has 0 aliphatic heterocycles. The minimum atomic E-state index is 0.861. The molecule has 0 radical (unpaired) electrons. The van der Waals surface area contributed by atoms with Crippen molar-refractivity contribution in [3.63, 3.8) is 0 Å². The van der Waals surface area contributed by atoms with Crippen molar-refractivity contribution >= 4 is 0 Å². The van der Waals surface area contributed by atoms with Crippen LogP contribution >= 0.6 is 0 Å². The average molecular weight is 328 g/mol. The van der Waals surface area contributed by atoms with E-state index in [0.29, 0.717) is 0 Å². The average Bonchev–Trinajstić information content (AvgIpc) is 2.57. The molecule has 0 heterocycles. The zero-order valence-electron chi connectivity index (χ0n) is 16.0. The molecule has 0 bridgehead atoms. The molecule has 0 aromatic rings. The Bertz CT molecular complexity index is 177.